The van der Waals surface area contributed by atoms with Crippen LogP contribution in [0.1, 0.15) is 12.5 Å². The van der Waals surface area contributed by atoms with Crippen molar-refractivity contribution in [2.45, 2.75) is 6.92 Å². The standard InChI is InChI=1S/C21H20N4O3S/c1-13(14-4-7-16(27-3)8-5-14)24-25-18(12-29-21(25)22-2)15-6-9-19-17(10-15)23-20(26)11-28-19/h4-10,12H,11H2,1-3H3,(H,23,26). The smallest absolute Gasteiger partial charge is 0.262 e. The Morgan fingerprint density at radius 2 is 2.03 bits per heavy atom. The van der Waals surface area contributed by atoms with Crippen molar-refractivity contribution in [3.8, 4) is 22.8 Å². The van der Waals surface area contributed by atoms with Gasteiger partial charge in [0.2, 0.25) is 4.80 Å². The topological polar surface area (TPSA) is 77.2 Å². The maximum absolute atomic E-state index is 11.7. The van der Waals surface area contributed by atoms with Gasteiger partial charge in [0.05, 0.1) is 24.2 Å². The van der Waals surface area contributed by atoms with Crippen molar-refractivity contribution in [2.75, 3.05) is 26.1 Å². The number of hydrogen-bond acceptors (Lipinski definition) is 6. The normalized spacial score (nSPS) is 14.2. The van der Waals surface area contributed by atoms with Gasteiger partial charge in [-0.25, -0.2) is 4.68 Å². The molecule has 3 aromatic rings. The Morgan fingerprint density at radius 1 is 1.24 bits per heavy atom. The van der Waals surface area contributed by atoms with E-state index in [1.165, 1.54) is 11.3 Å². The van der Waals surface area contributed by atoms with Crippen molar-refractivity contribution in [2.24, 2.45) is 10.1 Å². The van der Waals surface area contributed by atoms with Crippen LogP contribution >= 0.6 is 11.3 Å². The van der Waals surface area contributed by atoms with Crippen molar-refractivity contribution in [3.05, 3.63) is 58.2 Å². The molecule has 0 unspecified atom stereocenters. The van der Waals surface area contributed by atoms with Crippen LogP contribution in [0, 0.1) is 0 Å². The van der Waals surface area contributed by atoms with E-state index in [-0.39, 0.29) is 12.5 Å². The van der Waals surface area contributed by atoms with E-state index >= 15 is 0 Å². The number of carbonyl (C=O) groups is 1. The highest BCUT2D eigenvalue weighted by molar-refractivity contribution is 7.07. The molecular formula is C21H20N4O3S. The second-order valence-corrected chi connectivity index (χ2v) is 7.24. The van der Waals surface area contributed by atoms with Gasteiger partial charge in [0.15, 0.2) is 6.61 Å². The van der Waals surface area contributed by atoms with Crippen LogP contribution < -0.4 is 19.6 Å². The molecule has 0 saturated carbocycles. The van der Waals surface area contributed by atoms with Gasteiger partial charge in [0, 0.05) is 18.0 Å². The summed E-state index contributed by atoms with van der Waals surface area (Å²) in [4.78, 5) is 16.8. The van der Waals surface area contributed by atoms with E-state index in [9.17, 15) is 4.79 Å². The predicted molar refractivity (Wildman–Crippen MR) is 114 cm³/mol. The number of thiazole rings is 1. The number of hydrogen-bond donors (Lipinski definition) is 1. The molecule has 2 aromatic carbocycles. The molecule has 8 heteroatoms. The minimum absolute atomic E-state index is 0.0367. The number of carbonyl (C=O) groups excluding carboxylic acids is 1. The maximum Gasteiger partial charge on any atom is 0.262 e. The summed E-state index contributed by atoms with van der Waals surface area (Å²) in [7, 11) is 3.38. The van der Waals surface area contributed by atoms with E-state index in [0.29, 0.717) is 11.4 Å². The van der Waals surface area contributed by atoms with Crippen LogP contribution in [0.4, 0.5) is 5.69 Å². The minimum atomic E-state index is -0.162. The molecule has 0 fully saturated rings. The lowest BCUT2D eigenvalue weighted by molar-refractivity contribution is -0.118. The maximum atomic E-state index is 11.7. The first-order valence-corrected chi connectivity index (χ1v) is 9.87. The zero-order valence-corrected chi connectivity index (χ0v) is 17.1. The number of ether oxygens (including phenoxy) is 2. The molecule has 1 aliphatic heterocycles. The fourth-order valence-electron chi connectivity index (χ4n) is 3.03. The molecule has 1 aliphatic rings. The summed E-state index contributed by atoms with van der Waals surface area (Å²) < 4.78 is 12.5. The van der Waals surface area contributed by atoms with E-state index in [4.69, 9.17) is 14.6 Å². The van der Waals surface area contributed by atoms with Gasteiger partial charge in [0.25, 0.3) is 5.91 Å². The van der Waals surface area contributed by atoms with Crippen molar-refractivity contribution in [1.29, 1.82) is 0 Å². The lowest BCUT2D eigenvalue weighted by Crippen LogP contribution is -2.25. The first-order valence-electron chi connectivity index (χ1n) is 8.99. The zero-order chi connectivity index (χ0) is 20.4. The fourth-order valence-corrected chi connectivity index (χ4v) is 3.83. The molecule has 0 atom stereocenters. The van der Waals surface area contributed by atoms with Gasteiger partial charge >= 0.3 is 0 Å². The summed E-state index contributed by atoms with van der Waals surface area (Å²) in [6.45, 7) is 1.99. The Labute approximate surface area is 171 Å². The van der Waals surface area contributed by atoms with Crippen LogP contribution in [0.3, 0.4) is 0 Å². The van der Waals surface area contributed by atoms with Gasteiger partial charge in [-0.1, -0.05) is 0 Å². The lowest BCUT2D eigenvalue weighted by atomic mass is 10.1. The van der Waals surface area contributed by atoms with Gasteiger partial charge < -0.3 is 14.8 Å². The molecule has 1 amide bonds. The molecule has 0 bridgehead atoms. The van der Waals surface area contributed by atoms with E-state index in [2.05, 4.69) is 10.3 Å². The Morgan fingerprint density at radius 3 is 2.76 bits per heavy atom. The van der Waals surface area contributed by atoms with E-state index < -0.39 is 0 Å². The minimum Gasteiger partial charge on any atom is -0.497 e. The van der Waals surface area contributed by atoms with Crippen LogP contribution in [-0.2, 0) is 4.79 Å². The second-order valence-electron chi connectivity index (χ2n) is 6.40. The fraction of sp³-hybridized carbons (Fsp3) is 0.190. The number of fused-ring (bicyclic) bond motifs is 1. The van der Waals surface area contributed by atoms with Crippen molar-refractivity contribution < 1.29 is 14.3 Å². The third kappa shape index (κ3) is 3.79. The van der Waals surface area contributed by atoms with Gasteiger partial charge in [-0.15, -0.1) is 11.3 Å². The van der Waals surface area contributed by atoms with Crippen LogP contribution in [-0.4, -0.2) is 37.1 Å². The van der Waals surface area contributed by atoms with Gasteiger partial charge in [-0.05, 0) is 55.0 Å². The highest BCUT2D eigenvalue weighted by Crippen LogP contribution is 2.33. The molecule has 0 radical (unpaired) electrons. The SMILES string of the molecule is CN=c1scc(-c2ccc3c(c2)NC(=O)CO3)n1N=C(C)c1ccc(OC)cc1. The summed E-state index contributed by atoms with van der Waals surface area (Å²) in [5, 5.41) is 9.66. The number of nitrogens with one attached hydrogen (secondary N) is 1. The Balaban J connectivity index is 1.76. The van der Waals surface area contributed by atoms with E-state index in [0.717, 1.165) is 33.1 Å². The van der Waals surface area contributed by atoms with Crippen LogP contribution in [0.2, 0.25) is 0 Å². The molecule has 4 rings (SSSR count). The Bertz CT molecular complexity index is 1160. The second kappa shape index (κ2) is 7.92. The Kier molecular flexibility index (Phi) is 5.18. The number of rotatable bonds is 4. The summed E-state index contributed by atoms with van der Waals surface area (Å²) in [6.07, 6.45) is 0. The van der Waals surface area contributed by atoms with Gasteiger partial charge in [-0.3, -0.25) is 9.79 Å². The first kappa shape index (κ1) is 18.9. The summed E-state index contributed by atoms with van der Waals surface area (Å²) in [5.41, 5.74) is 4.28. The zero-order valence-electron chi connectivity index (χ0n) is 16.3. The predicted octanol–water partition coefficient (Wildman–Crippen LogP) is 3.36. The summed E-state index contributed by atoms with van der Waals surface area (Å²) >= 11 is 1.50. The number of benzene rings is 2. The molecule has 1 N–H and O–H groups in total. The van der Waals surface area contributed by atoms with E-state index in [1.54, 1.807) is 14.2 Å². The molecule has 2 heterocycles. The lowest BCUT2D eigenvalue weighted by Gasteiger charge is -2.18. The number of anilines is 1. The third-order valence-corrected chi connectivity index (χ3v) is 5.45. The monoisotopic (exact) mass is 408 g/mol. The van der Waals surface area contributed by atoms with Crippen LogP contribution in [0.25, 0.3) is 11.3 Å². The van der Waals surface area contributed by atoms with Crippen LogP contribution in [0.15, 0.2) is 57.9 Å². The molecule has 1 aromatic heterocycles. The van der Waals surface area contributed by atoms with Gasteiger partial charge in [0.1, 0.15) is 11.5 Å². The van der Waals surface area contributed by atoms with Crippen molar-refractivity contribution >= 4 is 28.6 Å². The van der Waals surface area contributed by atoms with Crippen molar-refractivity contribution in [3.63, 3.8) is 0 Å². The molecule has 0 saturated heterocycles. The van der Waals surface area contributed by atoms with Crippen molar-refractivity contribution in [1.82, 2.24) is 4.68 Å². The van der Waals surface area contributed by atoms with Gasteiger partial charge in [-0.2, -0.15) is 5.10 Å². The Hall–Kier alpha value is -3.39. The molecule has 0 aliphatic carbocycles. The summed E-state index contributed by atoms with van der Waals surface area (Å²) in [6, 6.07) is 13.5. The summed E-state index contributed by atoms with van der Waals surface area (Å²) in [5.74, 6) is 1.30. The molecule has 7 nitrogen and oxygen atoms in total. The molecule has 148 valence electrons. The largest absolute Gasteiger partial charge is 0.497 e. The third-order valence-electron chi connectivity index (χ3n) is 4.54. The number of nitrogens with zero attached hydrogens (tertiary/aromatic N) is 3. The average Bonchev–Trinajstić information content (AvgIpc) is 3.15. The van der Waals surface area contributed by atoms with E-state index in [1.807, 2.05) is 59.4 Å². The quantitative estimate of drug-likeness (QED) is 0.673. The molecular weight excluding hydrogens is 388 g/mol. The number of aromatic nitrogens is 1. The van der Waals surface area contributed by atoms with Crippen LogP contribution in [0.5, 0.6) is 11.5 Å². The molecule has 29 heavy (non-hydrogen) atoms. The first-order chi connectivity index (χ1) is 14.1. The average molecular weight is 408 g/mol. The number of amides is 1. The number of methoxy groups -OCH3 is 1. The molecule has 0 spiro atoms. The highest BCUT2D eigenvalue weighted by Gasteiger charge is 2.18. The highest BCUT2D eigenvalue weighted by atomic mass is 32.1.